The van der Waals surface area contributed by atoms with E-state index in [0.29, 0.717) is 24.1 Å². The number of aliphatic hydroxyl groups is 1. The van der Waals surface area contributed by atoms with Gasteiger partial charge in [-0.25, -0.2) is 13.1 Å². The van der Waals surface area contributed by atoms with Crippen molar-refractivity contribution >= 4 is 27.3 Å². The van der Waals surface area contributed by atoms with Crippen molar-refractivity contribution in [2.45, 2.75) is 24.7 Å². The third kappa shape index (κ3) is 3.84. The van der Waals surface area contributed by atoms with E-state index in [1.54, 1.807) is 6.92 Å². The predicted octanol–water partition coefficient (Wildman–Crippen LogP) is 1.28. The van der Waals surface area contributed by atoms with E-state index in [2.05, 4.69) is 4.72 Å². The molecule has 18 heavy (non-hydrogen) atoms. The van der Waals surface area contributed by atoms with Crippen LogP contribution in [0, 0.1) is 6.92 Å². The second-order valence-corrected chi connectivity index (χ2v) is 6.12. The van der Waals surface area contributed by atoms with E-state index in [9.17, 15) is 8.42 Å². The molecule has 0 spiro atoms. The van der Waals surface area contributed by atoms with Gasteiger partial charge in [-0.3, -0.25) is 0 Å². The maximum Gasteiger partial charge on any atom is 0.240 e. The number of unbranched alkanes of at least 4 members (excludes halogenated alkanes) is 1. The summed E-state index contributed by atoms with van der Waals surface area (Å²) in [5.41, 5.74) is 6.51. The summed E-state index contributed by atoms with van der Waals surface area (Å²) in [6, 6.07) is 2.89. The number of rotatable bonds is 6. The molecule has 0 saturated carbocycles. The van der Waals surface area contributed by atoms with Crippen molar-refractivity contribution in [3.63, 3.8) is 0 Å². The quantitative estimate of drug-likeness (QED) is 0.544. The third-order valence-corrected chi connectivity index (χ3v) is 4.34. The molecule has 0 aromatic heterocycles. The number of sulfonamides is 1. The Bertz CT molecular complexity index is 517. The van der Waals surface area contributed by atoms with Crippen molar-refractivity contribution in [3.8, 4) is 0 Å². The van der Waals surface area contributed by atoms with Crippen molar-refractivity contribution in [1.29, 1.82) is 0 Å². The molecule has 0 aliphatic carbocycles. The van der Waals surface area contributed by atoms with E-state index < -0.39 is 10.0 Å². The number of halogens is 1. The van der Waals surface area contributed by atoms with Gasteiger partial charge in [0.1, 0.15) is 0 Å². The molecular weight excluding hydrogens is 276 g/mol. The van der Waals surface area contributed by atoms with Gasteiger partial charge in [0.2, 0.25) is 10.0 Å². The molecule has 102 valence electrons. The molecule has 0 aliphatic rings. The van der Waals surface area contributed by atoms with Crippen molar-refractivity contribution in [2.24, 2.45) is 0 Å². The minimum Gasteiger partial charge on any atom is -0.398 e. The van der Waals surface area contributed by atoms with Gasteiger partial charge in [-0.1, -0.05) is 11.6 Å². The molecule has 0 bridgehead atoms. The number of nitrogens with one attached hydrogen (secondary N) is 1. The first-order chi connectivity index (χ1) is 8.38. The Hall–Kier alpha value is -0.820. The van der Waals surface area contributed by atoms with Crippen LogP contribution < -0.4 is 10.5 Å². The molecule has 0 radical (unpaired) electrons. The highest BCUT2D eigenvalue weighted by molar-refractivity contribution is 7.89. The topological polar surface area (TPSA) is 92.4 Å². The Morgan fingerprint density at radius 2 is 2.06 bits per heavy atom. The molecule has 0 aliphatic heterocycles. The van der Waals surface area contributed by atoms with Crippen LogP contribution in [-0.2, 0) is 10.0 Å². The lowest BCUT2D eigenvalue weighted by atomic mass is 10.2. The Labute approximate surface area is 112 Å². The van der Waals surface area contributed by atoms with Gasteiger partial charge in [-0.05, 0) is 37.5 Å². The minimum atomic E-state index is -3.61. The van der Waals surface area contributed by atoms with Crippen LogP contribution >= 0.6 is 11.6 Å². The zero-order chi connectivity index (χ0) is 13.8. The summed E-state index contributed by atoms with van der Waals surface area (Å²) in [5, 5.41) is 8.90. The van der Waals surface area contributed by atoms with Crippen LogP contribution in [0.1, 0.15) is 18.4 Å². The molecule has 0 fully saturated rings. The number of anilines is 1. The van der Waals surface area contributed by atoms with Crippen molar-refractivity contribution in [3.05, 3.63) is 22.7 Å². The Morgan fingerprint density at radius 3 is 2.67 bits per heavy atom. The summed E-state index contributed by atoms with van der Waals surface area (Å²) in [6.45, 7) is 1.95. The molecule has 5 nitrogen and oxygen atoms in total. The van der Waals surface area contributed by atoms with Gasteiger partial charge in [-0.2, -0.15) is 0 Å². The number of hydrogen-bond donors (Lipinski definition) is 3. The summed E-state index contributed by atoms with van der Waals surface area (Å²) in [5.74, 6) is 0. The normalized spacial score (nSPS) is 11.7. The summed E-state index contributed by atoms with van der Waals surface area (Å²) < 4.78 is 26.5. The number of hydrogen-bond acceptors (Lipinski definition) is 4. The molecule has 0 heterocycles. The van der Waals surface area contributed by atoms with Crippen LogP contribution in [-0.4, -0.2) is 26.7 Å². The zero-order valence-electron chi connectivity index (χ0n) is 10.1. The van der Waals surface area contributed by atoms with Crippen LogP contribution in [0.3, 0.4) is 0 Å². The molecular formula is C11H17ClN2O3S. The second kappa shape index (κ2) is 6.38. The standard InChI is InChI=1S/C11H17ClN2O3S/c1-8-10(13)6-9(12)7-11(8)18(16,17)14-4-2-3-5-15/h6-7,14-15H,2-5,13H2,1H3. The highest BCUT2D eigenvalue weighted by Crippen LogP contribution is 2.25. The lowest BCUT2D eigenvalue weighted by Gasteiger charge is -2.11. The van der Waals surface area contributed by atoms with E-state index in [4.69, 9.17) is 22.4 Å². The fourth-order valence-corrected chi connectivity index (χ4v) is 3.14. The molecule has 0 saturated heterocycles. The van der Waals surface area contributed by atoms with Crippen LogP contribution in [0.15, 0.2) is 17.0 Å². The summed E-state index contributed by atoms with van der Waals surface area (Å²) in [7, 11) is -3.61. The van der Waals surface area contributed by atoms with Gasteiger partial charge in [0.15, 0.2) is 0 Å². The van der Waals surface area contributed by atoms with Gasteiger partial charge in [-0.15, -0.1) is 0 Å². The highest BCUT2D eigenvalue weighted by atomic mass is 35.5. The second-order valence-electron chi connectivity index (χ2n) is 3.95. The lowest BCUT2D eigenvalue weighted by molar-refractivity contribution is 0.285. The third-order valence-electron chi connectivity index (χ3n) is 2.53. The number of nitrogen functional groups attached to an aromatic ring is 1. The van der Waals surface area contributed by atoms with Gasteiger partial charge >= 0.3 is 0 Å². The molecule has 7 heteroatoms. The lowest BCUT2D eigenvalue weighted by Crippen LogP contribution is -2.26. The van der Waals surface area contributed by atoms with Gasteiger partial charge in [0, 0.05) is 23.9 Å². The molecule has 1 aromatic carbocycles. The fraction of sp³-hybridized carbons (Fsp3) is 0.455. The van der Waals surface area contributed by atoms with Crippen molar-refractivity contribution in [1.82, 2.24) is 4.72 Å². The maximum atomic E-state index is 12.0. The Kier molecular flexibility index (Phi) is 5.40. The summed E-state index contributed by atoms with van der Waals surface area (Å²) in [6.07, 6.45) is 1.13. The average Bonchev–Trinajstić information content (AvgIpc) is 2.29. The predicted molar refractivity (Wildman–Crippen MR) is 72.1 cm³/mol. The Morgan fingerprint density at radius 1 is 1.39 bits per heavy atom. The fourth-order valence-electron chi connectivity index (χ4n) is 1.47. The molecule has 1 aromatic rings. The first-order valence-electron chi connectivity index (χ1n) is 5.54. The smallest absolute Gasteiger partial charge is 0.240 e. The Balaban J connectivity index is 2.91. The molecule has 0 unspecified atom stereocenters. The SMILES string of the molecule is Cc1c(N)cc(Cl)cc1S(=O)(=O)NCCCCO. The molecule has 4 N–H and O–H groups in total. The van der Waals surface area contributed by atoms with E-state index in [0.717, 1.165) is 0 Å². The number of nitrogens with two attached hydrogens (primary N) is 1. The monoisotopic (exact) mass is 292 g/mol. The average molecular weight is 293 g/mol. The van der Waals surface area contributed by atoms with E-state index in [1.165, 1.54) is 12.1 Å². The highest BCUT2D eigenvalue weighted by Gasteiger charge is 2.18. The number of aliphatic hydroxyl groups excluding tert-OH is 1. The minimum absolute atomic E-state index is 0.0465. The van der Waals surface area contributed by atoms with Gasteiger partial charge in [0.25, 0.3) is 0 Å². The summed E-state index contributed by atoms with van der Waals surface area (Å²) >= 11 is 5.81. The van der Waals surface area contributed by atoms with E-state index >= 15 is 0 Å². The molecule has 1 rings (SSSR count). The van der Waals surface area contributed by atoms with Crippen molar-refractivity contribution in [2.75, 3.05) is 18.9 Å². The number of benzene rings is 1. The van der Waals surface area contributed by atoms with Crippen LogP contribution in [0.2, 0.25) is 5.02 Å². The van der Waals surface area contributed by atoms with Crippen LogP contribution in [0.25, 0.3) is 0 Å². The molecule has 0 atom stereocenters. The molecule has 0 amide bonds. The maximum absolute atomic E-state index is 12.0. The van der Waals surface area contributed by atoms with Crippen LogP contribution in [0.4, 0.5) is 5.69 Å². The van der Waals surface area contributed by atoms with E-state index in [-0.39, 0.29) is 23.1 Å². The summed E-state index contributed by atoms with van der Waals surface area (Å²) in [4.78, 5) is 0.0940. The largest absolute Gasteiger partial charge is 0.398 e. The first-order valence-corrected chi connectivity index (χ1v) is 7.40. The van der Waals surface area contributed by atoms with Gasteiger partial charge in [0.05, 0.1) is 4.90 Å². The van der Waals surface area contributed by atoms with E-state index in [1.807, 2.05) is 0 Å². The van der Waals surface area contributed by atoms with Crippen molar-refractivity contribution < 1.29 is 13.5 Å². The zero-order valence-corrected chi connectivity index (χ0v) is 11.7. The van der Waals surface area contributed by atoms with Gasteiger partial charge < -0.3 is 10.8 Å². The first kappa shape index (κ1) is 15.2. The van der Waals surface area contributed by atoms with Crippen LogP contribution in [0.5, 0.6) is 0 Å².